The maximum absolute atomic E-state index is 13.1. The van der Waals surface area contributed by atoms with Gasteiger partial charge < -0.3 is 15.9 Å². The Kier molecular flexibility index (Phi) is 3.73. The number of rotatable bonds is 3. The van der Waals surface area contributed by atoms with Crippen molar-refractivity contribution in [1.82, 2.24) is 0 Å². The largest absolute Gasteiger partial charge is 0.389 e. The van der Waals surface area contributed by atoms with Crippen molar-refractivity contribution in [3.05, 3.63) is 34.9 Å². The molecule has 1 aromatic rings. The summed E-state index contributed by atoms with van der Waals surface area (Å²) < 4.78 is 25.9. The van der Waals surface area contributed by atoms with Crippen LogP contribution in [0.4, 0.5) is 8.78 Å². The van der Waals surface area contributed by atoms with Crippen molar-refractivity contribution in [3.8, 4) is 0 Å². The van der Waals surface area contributed by atoms with Gasteiger partial charge in [0.25, 0.3) is 0 Å². The summed E-state index contributed by atoms with van der Waals surface area (Å²) in [6.07, 6.45) is -2.49. The summed E-state index contributed by atoms with van der Waals surface area (Å²) >= 11 is 0. The maximum atomic E-state index is 13.1. The third-order valence-electron chi connectivity index (χ3n) is 2.31. The van der Waals surface area contributed by atoms with Crippen LogP contribution in [0.15, 0.2) is 12.1 Å². The third-order valence-corrected chi connectivity index (χ3v) is 2.31. The predicted molar refractivity (Wildman–Crippen MR) is 51.1 cm³/mol. The topological polar surface area (TPSA) is 66.5 Å². The zero-order valence-corrected chi connectivity index (χ0v) is 8.24. The van der Waals surface area contributed by atoms with Gasteiger partial charge in [0.1, 0.15) is 6.10 Å². The number of hydrogen-bond acceptors (Lipinski definition) is 3. The first kappa shape index (κ1) is 12.0. The molecule has 0 aliphatic carbocycles. The molecule has 3 nitrogen and oxygen atoms in total. The minimum Gasteiger partial charge on any atom is -0.389 e. The average Bonchev–Trinajstić information content (AvgIpc) is 2.24. The number of halogens is 2. The molecule has 0 bridgehead atoms. The summed E-state index contributed by atoms with van der Waals surface area (Å²) in [7, 11) is 0. The van der Waals surface area contributed by atoms with Crippen LogP contribution in [0.1, 0.15) is 17.2 Å². The van der Waals surface area contributed by atoms with Gasteiger partial charge in [0.2, 0.25) is 0 Å². The van der Waals surface area contributed by atoms with Crippen molar-refractivity contribution in [2.45, 2.75) is 19.1 Å². The highest BCUT2D eigenvalue weighted by Gasteiger charge is 2.21. The Balaban J connectivity index is 3.10. The molecule has 0 aliphatic rings. The Bertz CT molecular complexity index is 358. The van der Waals surface area contributed by atoms with E-state index in [9.17, 15) is 19.0 Å². The van der Waals surface area contributed by atoms with E-state index in [2.05, 4.69) is 0 Å². The molecular formula is C10H13F2NO2. The highest BCUT2D eigenvalue weighted by atomic mass is 19.2. The van der Waals surface area contributed by atoms with Crippen molar-refractivity contribution >= 4 is 0 Å². The van der Waals surface area contributed by atoms with Gasteiger partial charge in [-0.1, -0.05) is 6.07 Å². The van der Waals surface area contributed by atoms with Crippen molar-refractivity contribution in [2.24, 2.45) is 5.73 Å². The van der Waals surface area contributed by atoms with E-state index in [1.807, 2.05) is 0 Å². The molecular weight excluding hydrogens is 204 g/mol. The molecule has 0 aromatic heterocycles. The van der Waals surface area contributed by atoms with Crippen LogP contribution in [0.2, 0.25) is 0 Å². The number of benzene rings is 1. The molecule has 0 aliphatic heterocycles. The number of aliphatic hydroxyl groups excluding tert-OH is 2. The summed E-state index contributed by atoms with van der Waals surface area (Å²) in [6.45, 7) is 1.18. The SMILES string of the molecule is Cc1c(C(O)C(O)CN)ccc(F)c1F. The van der Waals surface area contributed by atoms with Gasteiger partial charge in [0, 0.05) is 6.54 Å². The van der Waals surface area contributed by atoms with Crippen LogP contribution in [-0.2, 0) is 0 Å². The first-order chi connectivity index (χ1) is 6.99. The van der Waals surface area contributed by atoms with Crippen LogP contribution in [0, 0.1) is 18.6 Å². The zero-order valence-electron chi connectivity index (χ0n) is 8.24. The van der Waals surface area contributed by atoms with Crippen molar-refractivity contribution in [3.63, 3.8) is 0 Å². The summed E-state index contributed by atoms with van der Waals surface area (Å²) in [5.41, 5.74) is 5.28. The molecule has 0 saturated carbocycles. The van der Waals surface area contributed by atoms with Crippen molar-refractivity contribution < 1.29 is 19.0 Å². The lowest BCUT2D eigenvalue weighted by molar-refractivity contribution is 0.0237. The number of hydrogen-bond donors (Lipinski definition) is 3. The van der Waals surface area contributed by atoms with Crippen LogP contribution in [-0.4, -0.2) is 22.9 Å². The fraction of sp³-hybridized carbons (Fsp3) is 0.400. The van der Waals surface area contributed by atoms with Gasteiger partial charge in [-0.3, -0.25) is 0 Å². The standard InChI is InChI=1S/C10H13F2NO2/c1-5-6(10(15)8(14)4-13)2-3-7(11)9(5)12/h2-3,8,10,14-15H,4,13H2,1H3. The minimum absolute atomic E-state index is 0.0185. The Morgan fingerprint density at radius 2 is 1.93 bits per heavy atom. The number of aliphatic hydroxyl groups is 2. The molecule has 4 N–H and O–H groups in total. The van der Waals surface area contributed by atoms with Gasteiger partial charge in [0.15, 0.2) is 11.6 Å². The average molecular weight is 217 g/mol. The molecule has 15 heavy (non-hydrogen) atoms. The zero-order chi connectivity index (χ0) is 11.6. The first-order valence-corrected chi connectivity index (χ1v) is 4.49. The van der Waals surface area contributed by atoms with E-state index in [0.717, 1.165) is 6.07 Å². The van der Waals surface area contributed by atoms with Crippen LogP contribution >= 0.6 is 0 Å². The van der Waals surface area contributed by atoms with E-state index in [1.54, 1.807) is 0 Å². The Morgan fingerprint density at radius 1 is 1.33 bits per heavy atom. The normalized spacial score (nSPS) is 15.1. The lowest BCUT2D eigenvalue weighted by atomic mass is 9.99. The Hall–Kier alpha value is -1.04. The van der Waals surface area contributed by atoms with Crippen LogP contribution < -0.4 is 5.73 Å². The predicted octanol–water partition coefficient (Wildman–Crippen LogP) is 0.626. The molecule has 5 heteroatoms. The fourth-order valence-corrected chi connectivity index (χ4v) is 1.32. The second-order valence-corrected chi connectivity index (χ2v) is 3.32. The molecule has 1 rings (SSSR count). The fourth-order valence-electron chi connectivity index (χ4n) is 1.32. The molecule has 1 aromatic carbocycles. The number of nitrogens with two attached hydrogens (primary N) is 1. The molecule has 2 atom stereocenters. The summed E-state index contributed by atoms with van der Waals surface area (Å²) in [4.78, 5) is 0. The third kappa shape index (κ3) is 2.31. The van der Waals surface area contributed by atoms with E-state index in [1.165, 1.54) is 13.0 Å². The summed E-state index contributed by atoms with van der Waals surface area (Å²) in [5.74, 6) is -2.00. The monoisotopic (exact) mass is 217 g/mol. The van der Waals surface area contributed by atoms with E-state index >= 15 is 0 Å². The van der Waals surface area contributed by atoms with Crippen molar-refractivity contribution in [2.75, 3.05) is 6.54 Å². The van der Waals surface area contributed by atoms with E-state index < -0.39 is 23.8 Å². The summed E-state index contributed by atoms with van der Waals surface area (Å²) in [5, 5.41) is 18.8. The van der Waals surface area contributed by atoms with Crippen LogP contribution in [0.5, 0.6) is 0 Å². The molecule has 2 unspecified atom stereocenters. The molecule has 0 radical (unpaired) electrons. The van der Waals surface area contributed by atoms with E-state index in [-0.39, 0.29) is 17.7 Å². The quantitative estimate of drug-likeness (QED) is 0.695. The van der Waals surface area contributed by atoms with Gasteiger partial charge in [-0.05, 0) is 24.1 Å². The molecule has 0 heterocycles. The van der Waals surface area contributed by atoms with Gasteiger partial charge in [0.05, 0.1) is 6.10 Å². The minimum atomic E-state index is -1.30. The first-order valence-electron chi connectivity index (χ1n) is 4.49. The lowest BCUT2D eigenvalue weighted by Gasteiger charge is -2.18. The van der Waals surface area contributed by atoms with Gasteiger partial charge in [-0.25, -0.2) is 8.78 Å². The Morgan fingerprint density at radius 3 is 2.47 bits per heavy atom. The summed E-state index contributed by atoms with van der Waals surface area (Å²) in [6, 6.07) is 2.14. The smallest absolute Gasteiger partial charge is 0.162 e. The second-order valence-electron chi connectivity index (χ2n) is 3.32. The van der Waals surface area contributed by atoms with Gasteiger partial charge >= 0.3 is 0 Å². The Labute approximate surface area is 86.2 Å². The highest BCUT2D eigenvalue weighted by Crippen LogP contribution is 2.23. The second kappa shape index (κ2) is 4.65. The molecule has 0 amide bonds. The van der Waals surface area contributed by atoms with Gasteiger partial charge in [-0.15, -0.1) is 0 Å². The molecule has 84 valence electrons. The maximum Gasteiger partial charge on any atom is 0.162 e. The molecule has 0 saturated heterocycles. The lowest BCUT2D eigenvalue weighted by Crippen LogP contribution is -2.27. The van der Waals surface area contributed by atoms with Crippen molar-refractivity contribution in [1.29, 1.82) is 0 Å². The van der Waals surface area contributed by atoms with Gasteiger partial charge in [-0.2, -0.15) is 0 Å². The van der Waals surface area contributed by atoms with Crippen LogP contribution in [0.25, 0.3) is 0 Å². The van der Waals surface area contributed by atoms with Crippen LogP contribution in [0.3, 0.4) is 0 Å². The molecule has 0 spiro atoms. The molecule has 0 fully saturated rings. The highest BCUT2D eigenvalue weighted by molar-refractivity contribution is 5.30. The van der Waals surface area contributed by atoms with E-state index in [0.29, 0.717) is 0 Å². The van der Waals surface area contributed by atoms with E-state index in [4.69, 9.17) is 5.73 Å².